The van der Waals surface area contributed by atoms with Crippen LogP contribution in [-0.4, -0.2) is 18.4 Å². The maximum atomic E-state index is 12.3. The Labute approximate surface area is 123 Å². The van der Waals surface area contributed by atoms with Crippen molar-refractivity contribution in [2.75, 3.05) is 6.61 Å². The van der Waals surface area contributed by atoms with Crippen LogP contribution in [0.25, 0.3) is 0 Å². The molecule has 0 saturated heterocycles. The molecule has 0 amide bonds. The first-order valence-electron chi connectivity index (χ1n) is 7.06. The molecular formula is C16H17ClO3. The molecule has 4 heteroatoms. The standard InChI is InChI=1S/C16H17ClO3/c1-2-20-16(19)14-12-8-10(15(18)13(12)14)6-9-4-3-5-11(17)7-9/h3-5,7,10,12-14H,2,6,8H2,1H3. The molecule has 1 aromatic rings. The summed E-state index contributed by atoms with van der Waals surface area (Å²) in [5, 5.41) is 0.697. The van der Waals surface area contributed by atoms with E-state index in [9.17, 15) is 9.59 Å². The Balaban J connectivity index is 1.61. The molecule has 2 saturated carbocycles. The maximum absolute atomic E-state index is 12.3. The van der Waals surface area contributed by atoms with Gasteiger partial charge in [-0.15, -0.1) is 0 Å². The van der Waals surface area contributed by atoms with E-state index < -0.39 is 0 Å². The van der Waals surface area contributed by atoms with Gasteiger partial charge in [-0.2, -0.15) is 0 Å². The van der Waals surface area contributed by atoms with Crippen molar-refractivity contribution in [1.82, 2.24) is 0 Å². The fourth-order valence-corrected chi connectivity index (χ4v) is 3.68. The highest BCUT2D eigenvalue weighted by molar-refractivity contribution is 6.30. The molecule has 2 aliphatic carbocycles. The van der Waals surface area contributed by atoms with E-state index in [1.165, 1.54) is 0 Å². The maximum Gasteiger partial charge on any atom is 0.309 e. The summed E-state index contributed by atoms with van der Waals surface area (Å²) in [6, 6.07) is 7.63. The zero-order valence-electron chi connectivity index (χ0n) is 11.3. The molecule has 0 radical (unpaired) electrons. The van der Waals surface area contributed by atoms with Gasteiger partial charge in [-0.05, 0) is 43.4 Å². The fraction of sp³-hybridized carbons (Fsp3) is 0.500. The first-order valence-corrected chi connectivity index (χ1v) is 7.44. The van der Waals surface area contributed by atoms with Crippen molar-refractivity contribution >= 4 is 23.4 Å². The molecule has 0 aromatic heterocycles. The minimum atomic E-state index is -0.197. The van der Waals surface area contributed by atoms with Crippen LogP contribution >= 0.6 is 11.6 Å². The second kappa shape index (κ2) is 5.21. The van der Waals surface area contributed by atoms with Crippen molar-refractivity contribution in [1.29, 1.82) is 0 Å². The van der Waals surface area contributed by atoms with Gasteiger partial charge in [0.05, 0.1) is 12.5 Å². The summed E-state index contributed by atoms with van der Waals surface area (Å²) in [6.07, 6.45) is 1.53. The van der Waals surface area contributed by atoms with E-state index in [0.717, 1.165) is 18.4 Å². The Bertz CT molecular complexity index is 554. The van der Waals surface area contributed by atoms with Crippen LogP contribution in [0.3, 0.4) is 0 Å². The van der Waals surface area contributed by atoms with Gasteiger partial charge in [-0.3, -0.25) is 9.59 Å². The number of benzene rings is 1. The normalized spacial score (nSPS) is 31.0. The molecule has 1 aromatic carbocycles. The number of carbonyl (C=O) groups excluding carboxylic acids is 2. The second-order valence-corrected chi connectivity index (χ2v) is 6.07. The van der Waals surface area contributed by atoms with Gasteiger partial charge in [0.25, 0.3) is 0 Å². The van der Waals surface area contributed by atoms with Gasteiger partial charge >= 0.3 is 5.97 Å². The lowest BCUT2D eigenvalue weighted by molar-refractivity contribution is -0.146. The number of hydrogen-bond donors (Lipinski definition) is 0. The Morgan fingerprint density at radius 2 is 2.25 bits per heavy atom. The molecule has 106 valence electrons. The van der Waals surface area contributed by atoms with E-state index in [1.807, 2.05) is 24.3 Å². The van der Waals surface area contributed by atoms with Crippen molar-refractivity contribution in [3.8, 4) is 0 Å². The molecule has 0 aliphatic heterocycles. The minimum Gasteiger partial charge on any atom is -0.466 e. The summed E-state index contributed by atoms with van der Waals surface area (Å²) in [5.74, 6) is 0.0289. The SMILES string of the molecule is CCOC(=O)C1C2CC(Cc3cccc(Cl)c3)C(=O)C21. The zero-order valence-corrected chi connectivity index (χ0v) is 12.1. The molecule has 3 nitrogen and oxygen atoms in total. The summed E-state index contributed by atoms with van der Waals surface area (Å²) < 4.78 is 5.01. The largest absolute Gasteiger partial charge is 0.466 e. The monoisotopic (exact) mass is 292 g/mol. The second-order valence-electron chi connectivity index (χ2n) is 5.64. The van der Waals surface area contributed by atoms with Crippen LogP contribution < -0.4 is 0 Å². The molecule has 0 spiro atoms. The lowest BCUT2D eigenvalue weighted by Crippen LogP contribution is -2.20. The first-order chi connectivity index (χ1) is 9.61. The van der Waals surface area contributed by atoms with Gasteiger partial charge in [0.1, 0.15) is 5.78 Å². The predicted octanol–water partition coefficient (Wildman–Crippen LogP) is 2.90. The molecule has 3 rings (SSSR count). The van der Waals surface area contributed by atoms with Crippen LogP contribution in [0.1, 0.15) is 18.9 Å². The molecule has 2 fully saturated rings. The predicted molar refractivity (Wildman–Crippen MR) is 75.4 cm³/mol. The summed E-state index contributed by atoms with van der Waals surface area (Å²) >= 11 is 5.96. The fourth-order valence-electron chi connectivity index (χ4n) is 3.46. The molecule has 0 N–H and O–H groups in total. The molecule has 20 heavy (non-hydrogen) atoms. The number of fused-ring (bicyclic) bond motifs is 1. The lowest BCUT2D eigenvalue weighted by atomic mass is 9.92. The van der Waals surface area contributed by atoms with E-state index in [1.54, 1.807) is 6.92 Å². The molecule has 0 bridgehead atoms. The topological polar surface area (TPSA) is 43.4 Å². The Hall–Kier alpha value is -1.35. The highest BCUT2D eigenvalue weighted by Crippen LogP contribution is 2.58. The van der Waals surface area contributed by atoms with Gasteiger partial charge < -0.3 is 4.74 Å². The summed E-state index contributed by atoms with van der Waals surface area (Å²) in [5.41, 5.74) is 1.09. The molecule has 4 unspecified atom stereocenters. The van der Waals surface area contributed by atoms with Crippen molar-refractivity contribution in [3.63, 3.8) is 0 Å². The molecule has 2 aliphatic rings. The van der Waals surface area contributed by atoms with Crippen LogP contribution in [0.4, 0.5) is 0 Å². The first kappa shape index (κ1) is 13.6. The average Bonchev–Trinajstić information content (AvgIpc) is 3.03. The van der Waals surface area contributed by atoms with Crippen LogP contribution in [0.5, 0.6) is 0 Å². The van der Waals surface area contributed by atoms with Crippen LogP contribution in [0, 0.1) is 23.7 Å². The van der Waals surface area contributed by atoms with Crippen LogP contribution in [0.2, 0.25) is 5.02 Å². The number of Topliss-reactive ketones (excluding diaryl/α,β-unsaturated/α-hetero) is 1. The zero-order chi connectivity index (χ0) is 14.3. The van der Waals surface area contributed by atoms with Crippen LogP contribution in [-0.2, 0) is 20.7 Å². The number of ether oxygens (including phenoxy) is 1. The Morgan fingerprint density at radius 3 is 2.85 bits per heavy atom. The quantitative estimate of drug-likeness (QED) is 0.802. The van der Waals surface area contributed by atoms with Crippen molar-refractivity contribution in [2.24, 2.45) is 23.7 Å². The highest BCUT2D eigenvalue weighted by Gasteiger charge is 2.65. The number of halogens is 1. The van der Waals surface area contributed by atoms with Gasteiger partial charge in [0, 0.05) is 16.9 Å². The van der Waals surface area contributed by atoms with Crippen molar-refractivity contribution < 1.29 is 14.3 Å². The Kier molecular flexibility index (Phi) is 3.55. The van der Waals surface area contributed by atoms with Crippen molar-refractivity contribution in [3.05, 3.63) is 34.9 Å². The van der Waals surface area contributed by atoms with Gasteiger partial charge in [0.2, 0.25) is 0 Å². The third-order valence-corrected chi connectivity index (χ3v) is 4.62. The number of carbonyl (C=O) groups is 2. The van der Waals surface area contributed by atoms with E-state index in [-0.39, 0.29) is 35.4 Å². The molecule has 4 atom stereocenters. The molecular weight excluding hydrogens is 276 g/mol. The van der Waals surface area contributed by atoms with Crippen molar-refractivity contribution in [2.45, 2.75) is 19.8 Å². The summed E-state index contributed by atoms with van der Waals surface area (Å²) in [6.45, 7) is 2.18. The number of ketones is 1. The van der Waals surface area contributed by atoms with E-state index in [2.05, 4.69) is 0 Å². The number of rotatable bonds is 4. The van der Waals surface area contributed by atoms with Gasteiger partial charge in [0.15, 0.2) is 0 Å². The van der Waals surface area contributed by atoms with Gasteiger partial charge in [-0.1, -0.05) is 23.7 Å². The molecule has 0 heterocycles. The third kappa shape index (κ3) is 2.35. The van der Waals surface area contributed by atoms with Gasteiger partial charge in [-0.25, -0.2) is 0 Å². The number of hydrogen-bond acceptors (Lipinski definition) is 3. The third-order valence-electron chi connectivity index (χ3n) is 4.39. The van der Waals surface area contributed by atoms with E-state index >= 15 is 0 Å². The number of esters is 1. The Morgan fingerprint density at radius 1 is 1.45 bits per heavy atom. The van der Waals surface area contributed by atoms with E-state index in [0.29, 0.717) is 11.6 Å². The van der Waals surface area contributed by atoms with E-state index in [4.69, 9.17) is 16.3 Å². The average molecular weight is 293 g/mol. The summed E-state index contributed by atoms with van der Waals surface area (Å²) in [4.78, 5) is 24.0. The summed E-state index contributed by atoms with van der Waals surface area (Å²) in [7, 11) is 0. The van der Waals surface area contributed by atoms with Crippen LogP contribution in [0.15, 0.2) is 24.3 Å². The lowest BCUT2D eigenvalue weighted by Gasteiger charge is -2.13. The smallest absolute Gasteiger partial charge is 0.309 e. The minimum absolute atomic E-state index is 0.0362. The highest BCUT2D eigenvalue weighted by atomic mass is 35.5.